The van der Waals surface area contributed by atoms with Gasteiger partial charge in [0.05, 0.1) is 0 Å². The molecule has 7 nitrogen and oxygen atoms in total. The van der Waals surface area contributed by atoms with Gasteiger partial charge in [0.2, 0.25) is 0 Å². The van der Waals surface area contributed by atoms with Crippen molar-refractivity contribution in [3.63, 3.8) is 0 Å². The van der Waals surface area contributed by atoms with Crippen LogP contribution >= 0.6 is 12.2 Å². The van der Waals surface area contributed by atoms with Crippen molar-refractivity contribution in [1.82, 2.24) is 21.3 Å². The fourth-order valence-corrected chi connectivity index (χ4v) is 1.59. The smallest absolute Gasteiger partial charge is 0.291 e. The Morgan fingerprint density at radius 3 is 2.48 bits per heavy atom. The van der Waals surface area contributed by atoms with Gasteiger partial charge in [-0.05, 0) is 31.3 Å². The third-order valence-electron chi connectivity index (χ3n) is 2.41. The van der Waals surface area contributed by atoms with E-state index in [-0.39, 0.29) is 16.7 Å². The maximum Gasteiger partial charge on any atom is 0.291 e. The number of carbonyl (C=O) groups is 2. The molecule has 1 aromatic carbocycles. The van der Waals surface area contributed by atoms with E-state index in [1.807, 2.05) is 0 Å². The van der Waals surface area contributed by atoms with Gasteiger partial charge < -0.3 is 4.52 Å². The fourth-order valence-electron chi connectivity index (χ4n) is 1.45. The lowest BCUT2D eigenvalue weighted by atomic mass is 10.2. The average Bonchev–Trinajstić information content (AvgIpc) is 2.92. The Morgan fingerprint density at radius 1 is 1.14 bits per heavy atom. The van der Waals surface area contributed by atoms with Crippen LogP contribution in [0.3, 0.4) is 0 Å². The number of hydrogen-bond donors (Lipinski definition) is 3. The summed E-state index contributed by atoms with van der Waals surface area (Å²) in [6.07, 6.45) is 0. The summed E-state index contributed by atoms with van der Waals surface area (Å²) < 4.78 is 4.77. The molecule has 8 heteroatoms. The fraction of sp³-hybridized carbons (Fsp3) is 0.0769. The molecular formula is C13H12N4O3S. The Bertz CT molecular complexity index is 669. The molecule has 108 valence electrons. The molecule has 0 unspecified atom stereocenters. The van der Waals surface area contributed by atoms with Crippen molar-refractivity contribution in [2.75, 3.05) is 0 Å². The van der Waals surface area contributed by atoms with Gasteiger partial charge in [0.15, 0.2) is 10.8 Å². The number of hydrazine groups is 1. The van der Waals surface area contributed by atoms with E-state index in [1.54, 1.807) is 37.3 Å². The number of nitrogens with one attached hydrogen (secondary N) is 3. The number of thiocarbonyl (C=S) groups is 1. The van der Waals surface area contributed by atoms with Gasteiger partial charge in [-0.3, -0.25) is 25.8 Å². The largest absolute Gasteiger partial charge is 0.361 e. The number of aryl methyl sites for hydroxylation is 1. The molecule has 3 N–H and O–H groups in total. The van der Waals surface area contributed by atoms with Crippen LogP contribution in [-0.2, 0) is 0 Å². The minimum Gasteiger partial charge on any atom is -0.361 e. The molecule has 1 aromatic heterocycles. The van der Waals surface area contributed by atoms with Crippen LogP contribution in [0.1, 0.15) is 26.6 Å². The zero-order chi connectivity index (χ0) is 15.2. The van der Waals surface area contributed by atoms with Crippen LogP contribution in [0.4, 0.5) is 0 Å². The molecule has 1 heterocycles. The molecule has 0 atom stereocenters. The molecule has 2 aromatic rings. The second kappa shape index (κ2) is 6.62. The Hall–Kier alpha value is -2.74. The summed E-state index contributed by atoms with van der Waals surface area (Å²) >= 11 is 4.90. The summed E-state index contributed by atoms with van der Waals surface area (Å²) in [5.74, 6) is -0.386. The number of carbonyl (C=O) groups excluding carboxylic acids is 2. The number of hydrogen-bond acceptors (Lipinski definition) is 5. The minimum absolute atomic E-state index is 0.0302. The van der Waals surface area contributed by atoms with Crippen molar-refractivity contribution in [3.05, 3.63) is 53.4 Å². The van der Waals surface area contributed by atoms with E-state index in [9.17, 15) is 9.59 Å². The first-order chi connectivity index (χ1) is 10.1. The van der Waals surface area contributed by atoms with Crippen molar-refractivity contribution in [1.29, 1.82) is 0 Å². The topological polar surface area (TPSA) is 96.3 Å². The van der Waals surface area contributed by atoms with Gasteiger partial charge in [-0.2, -0.15) is 0 Å². The van der Waals surface area contributed by atoms with Crippen LogP contribution in [0.5, 0.6) is 0 Å². The first-order valence-corrected chi connectivity index (χ1v) is 6.37. The van der Waals surface area contributed by atoms with Crippen molar-refractivity contribution < 1.29 is 14.1 Å². The molecule has 21 heavy (non-hydrogen) atoms. The third-order valence-corrected chi connectivity index (χ3v) is 2.62. The van der Waals surface area contributed by atoms with Crippen LogP contribution in [-0.4, -0.2) is 22.1 Å². The van der Waals surface area contributed by atoms with E-state index in [2.05, 4.69) is 21.3 Å². The van der Waals surface area contributed by atoms with E-state index in [0.29, 0.717) is 11.3 Å². The molecule has 0 fully saturated rings. The second-order valence-corrected chi connectivity index (χ2v) is 4.46. The molecule has 0 saturated carbocycles. The van der Waals surface area contributed by atoms with Crippen molar-refractivity contribution in [3.8, 4) is 0 Å². The molecule has 0 bridgehead atoms. The lowest BCUT2D eigenvalue weighted by Crippen LogP contribution is -2.48. The molecule has 0 radical (unpaired) electrons. The summed E-state index contributed by atoms with van der Waals surface area (Å²) in [6.45, 7) is 1.67. The van der Waals surface area contributed by atoms with Gasteiger partial charge in [0.25, 0.3) is 11.8 Å². The van der Waals surface area contributed by atoms with Gasteiger partial charge in [-0.1, -0.05) is 23.4 Å². The van der Waals surface area contributed by atoms with Crippen LogP contribution in [0.15, 0.2) is 40.9 Å². The molecule has 0 aliphatic rings. The quantitative estimate of drug-likeness (QED) is 0.564. The molecule has 0 aliphatic carbocycles. The zero-order valence-corrected chi connectivity index (χ0v) is 11.9. The molecule has 2 amide bonds. The van der Waals surface area contributed by atoms with E-state index in [0.717, 1.165) is 0 Å². The molecule has 0 spiro atoms. The highest BCUT2D eigenvalue weighted by molar-refractivity contribution is 7.80. The van der Waals surface area contributed by atoms with Crippen LogP contribution in [0.2, 0.25) is 0 Å². The van der Waals surface area contributed by atoms with Crippen LogP contribution in [0, 0.1) is 6.92 Å². The standard InChI is InChI=1S/C13H12N4O3S/c1-8-7-10(17-20-8)12(19)15-16-13(21)14-11(18)9-5-3-2-4-6-9/h2-7H,1H3,(H,15,19)(H2,14,16,18,21). The SMILES string of the molecule is Cc1cc(C(=O)NNC(=S)NC(=O)c2ccccc2)no1. The first-order valence-electron chi connectivity index (χ1n) is 5.96. The Kier molecular flexibility index (Phi) is 4.62. The summed E-state index contributed by atoms with van der Waals surface area (Å²) in [6, 6.07) is 10.0. The lowest BCUT2D eigenvalue weighted by Gasteiger charge is -2.09. The predicted molar refractivity (Wildman–Crippen MR) is 78.3 cm³/mol. The number of amides is 2. The van der Waals surface area contributed by atoms with Gasteiger partial charge in [0.1, 0.15) is 5.76 Å². The summed E-state index contributed by atoms with van der Waals surface area (Å²) in [5.41, 5.74) is 5.28. The van der Waals surface area contributed by atoms with E-state index < -0.39 is 5.91 Å². The first kappa shape index (κ1) is 14.7. The predicted octanol–water partition coefficient (Wildman–Crippen LogP) is 0.932. The van der Waals surface area contributed by atoms with Gasteiger partial charge in [-0.15, -0.1) is 0 Å². The number of benzene rings is 1. The molecule has 0 aliphatic heterocycles. The Balaban J connectivity index is 1.82. The maximum absolute atomic E-state index is 11.8. The summed E-state index contributed by atoms with van der Waals surface area (Å²) in [7, 11) is 0. The second-order valence-electron chi connectivity index (χ2n) is 4.05. The number of nitrogens with zero attached hydrogens (tertiary/aromatic N) is 1. The molecule has 0 saturated heterocycles. The maximum atomic E-state index is 11.8. The average molecular weight is 304 g/mol. The van der Waals surface area contributed by atoms with Crippen molar-refractivity contribution in [2.45, 2.75) is 6.92 Å². The highest BCUT2D eigenvalue weighted by Crippen LogP contribution is 2.00. The van der Waals surface area contributed by atoms with E-state index in [1.165, 1.54) is 6.07 Å². The molecular weight excluding hydrogens is 292 g/mol. The third kappa shape index (κ3) is 4.11. The van der Waals surface area contributed by atoms with Crippen molar-refractivity contribution in [2.24, 2.45) is 0 Å². The van der Waals surface area contributed by atoms with E-state index in [4.69, 9.17) is 16.7 Å². The Morgan fingerprint density at radius 2 is 1.86 bits per heavy atom. The summed E-state index contributed by atoms with van der Waals surface area (Å²) in [4.78, 5) is 23.4. The minimum atomic E-state index is -0.525. The normalized spacial score (nSPS) is 9.76. The van der Waals surface area contributed by atoms with Gasteiger partial charge in [0, 0.05) is 11.6 Å². The molecule has 2 rings (SSSR count). The van der Waals surface area contributed by atoms with Crippen molar-refractivity contribution >= 4 is 29.1 Å². The van der Waals surface area contributed by atoms with Gasteiger partial charge in [-0.25, -0.2) is 0 Å². The number of aromatic nitrogens is 1. The highest BCUT2D eigenvalue weighted by atomic mass is 32.1. The lowest BCUT2D eigenvalue weighted by molar-refractivity contribution is 0.0927. The Labute approximate surface area is 125 Å². The van der Waals surface area contributed by atoms with Gasteiger partial charge >= 0.3 is 0 Å². The van der Waals surface area contributed by atoms with Crippen LogP contribution in [0.25, 0.3) is 0 Å². The highest BCUT2D eigenvalue weighted by Gasteiger charge is 2.12. The van der Waals surface area contributed by atoms with E-state index >= 15 is 0 Å². The summed E-state index contributed by atoms with van der Waals surface area (Å²) in [5, 5.41) is 5.95. The monoisotopic (exact) mass is 304 g/mol. The number of rotatable bonds is 2. The van der Waals surface area contributed by atoms with Crippen LogP contribution < -0.4 is 16.2 Å². The zero-order valence-electron chi connectivity index (χ0n) is 11.0.